The predicted molar refractivity (Wildman–Crippen MR) is 66.3 cm³/mol. The fourth-order valence-corrected chi connectivity index (χ4v) is 2.96. The van der Waals surface area contributed by atoms with Crippen LogP contribution in [0, 0.1) is 5.92 Å². The summed E-state index contributed by atoms with van der Waals surface area (Å²) in [4.78, 5) is 0. The molecule has 0 amide bonds. The minimum absolute atomic E-state index is 0.295. The Morgan fingerprint density at radius 3 is 3.12 bits per heavy atom. The zero-order valence-electron chi connectivity index (χ0n) is 9.37. The zero-order chi connectivity index (χ0) is 11.1. The van der Waals surface area contributed by atoms with E-state index in [1.54, 1.807) is 0 Å². The number of benzene rings is 1. The second kappa shape index (κ2) is 3.85. The lowest BCUT2D eigenvalue weighted by Gasteiger charge is -2.40. The first-order valence-corrected chi connectivity index (χ1v) is 6.33. The van der Waals surface area contributed by atoms with Crippen LogP contribution in [0.3, 0.4) is 0 Å². The number of nitrogens with one attached hydrogen (secondary N) is 1. The molecule has 3 heteroatoms. The normalized spacial score (nSPS) is 32.0. The highest BCUT2D eigenvalue weighted by Gasteiger charge is 2.34. The molecule has 3 unspecified atom stereocenters. The lowest BCUT2D eigenvalue weighted by Crippen LogP contribution is -2.45. The molecular formula is C13H16ClNO. The largest absolute Gasteiger partial charge is 0.485 e. The van der Waals surface area contributed by atoms with E-state index in [1.165, 1.54) is 12.8 Å². The molecule has 3 rings (SSSR count). The Labute approximate surface area is 101 Å². The first kappa shape index (κ1) is 10.3. The van der Waals surface area contributed by atoms with E-state index in [4.69, 9.17) is 16.3 Å². The minimum Gasteiger partial charge on any atom is -0.485 e. The van der Waals surface area contributed by atoms with E-state index in [9.17, 15) is 0 Å². The number of halogens is 1. The smallest absolute Gasteiger partial charge is 0.161 e. The molecule has 86 valence electrons. The molecule has 0 aromatic heterocycles. The van der Waals surface area contributed by atoms with Crippen molar-refractivity contribution in [3.63, 3.8) is 0 Å². The van der Waals surface area contributed by atoms with Gasteiger partial charge in [0.25, 0.3) is 0 Å². The molecule has 0 radical (unpaired) electrons. The molecule has 3 atom stereocenters. The molecule has 0 bridgehead atoms. The van der Waals surface area contributed by atoms with Crippen molar-refractivity contribution in [1.29, 1.82) is 0 Å². The van der Waals surface area contributed by atoms with Gasteiger partial charge in [-0.1, -0.05) is 24.6 Å². The summed E-state index contributed by atoms with van der Waals surface area (Å²) in [6, 6.07) is 6.34. The first-order valence-electron chi connectivity index (χ1n) is 5.96. The van der Waals surface area contributed by atoms with Crippen LogP contribution in [0.15, 0.2) is 18.2 Å². The summed E-state index contributed by atoms with van der Waals surface area (Å²) in [5.74, 6) is 1.62. The molecule has 1 N–H and O–H groups in total. The summed E-state index contributed by atoms with van der Waals surface area (Å²) in [5, 5.41) is 4.27. The van der Waals surface area contributed by atoms with E-state index >= 15 is 0 Å². The average molecular weight is 238 g/mol. The predicted octanol–water partition coefficient (Wildman–Crippen LogP) is 3.70. The SMILES string of the molecule is CC1CCC2Oc3c(Cl)cccc3NC2C1. The minimum atomic E-state index is 0.295. The van der Waals surface area contributed by atoms with Gasteiger partial charge in [-0.3, -0.25) is 0 Å². The fraction of sp³-hybridized carbons (Fsp3) is 0.538. The van der Waals surface area contributed by atoms with Crippen LogP contribution in [-0.2, 0) is 0 Å². The van der Waals surface area contributed by atoms with E-state index < -0.39 is 0 Å². The molecule has 0 spiro atoms. The number of ether oxygens (including phenoxy) is 1. The summed E-state index contributed by atoms with van der Waals surface area (Å²) in [6.45, 7) is 2.31. The maximum atomic E-state index is 6.14. The Kier molecular flexibility index (Phi) is 2.47. The van der Waals surface area contributed by atoms with E-state index in [1.807, 2.05) is 18.2 Å². The highest BCUT2D eigenvalue weighted by atomic mass is 35.5. The molecule has 0 saturated heterocycles. The molecule has 1 fully saturated rings. The standard InChI is InChI=1S/C13H16ClNO/c1-8-5-6-12-11(7-8)15-10-4-2-3-9(14)13(10)16-12/h2-4,8,11-12,15H,5-7H2,1H3. The van der Waals surface area contributed by atoms with Crippen molar-refractivity contribution in [3.8, 4) is 5.75 Å². The van der Waals surface area contributed by atoms with Gasteiger partial charge in [-0.05, 0) is 37.3 Å². The van der Waals surface area contributed by atoms with E-state index in [0.717, 1.165) is 23.8 Å². The topological polar surface area (TPSA) is 21.3 Å². The van der Waals surface area contributed by atoms with Gasteiger partial charge in [0.15, 0.2) is 5.75 Å². The number of rotatable bonds is 0. The molecule has 2 aliphatic rings. The van der Waals surface area contributed by atoms with Crippen LogP contribution in [-0.4, -0.2) is 12.1 Å². The van der Waals surface area contributed by atoms with Crippen LogP contribution in [0.25, 0.3) is 0 Å². The molecule has 1 aliphatic heterocycles. The number of hydrogen-bond donors (Lipinski definition) is 1. The van der Waals surface area contributed by atoms with Crippen molar-refractivity contribution in [2.75, 3.05) is 5.32 Å². The van der Waals surface area contributed by atoms with Crippen molar-refractivity contribution in [3.05, 3.63) is 23.2 Å². The van der Waals surface area contributed by atoms with Crippen LogP contribution >= 0.6 is 11.6 Å². The highest BCUT2D eigenvalue weighted by molar-refractivity contribution is 6.32. The van der Waals surface area contributed by atoms with Crippen LogP contribution in [0.2, 0.25) is 5.02 Å². The second-order valence-corrected chi connectivity index (χ2v) is 5.35. The molecule has 1 heterocycles. The van der Waals surface area contributed by atoms with Gasteiger partial charge in [0.05, 0.1) is 16.8 Å². The third kappa shape index (κ3) is 1.65. The van der Waals surface area contributed by atoms with Gasteiger partial charge in [0, 0.05) is 0 Å². The van der Waals surface area contributed by atoms with Crippen LogP contribution < -0.4 is 10.1 Å². The van der Waals surface area contributed by atoms with Gasteiger partial charge >= 0.3 is 0 Å². The van der Waals surface area contributed by atoms with Gasteiger partial charge < -0.3 is 10.1 Å². The molecule has 1 aromatic rings. The lowest BCUT2D eigenvalue weighted by atomic mass is 9.84. The van der Waals surface area contributed by atoms with Crippen molar-refractivity contribution in [1.82, 2.24) is 0 Å². The third-order valence-corrected chi connectivity index (χ3v) is 3.92. The van der Waals surface area contributed by atoms with E-state index in [0.29, 0.717) is 17.2 Å². The number of para-hydroxylation sites is 1. The Morgan fingerprint density at radius 2 is 2.25 bits per heavy atom. The molecule has 16 heavy (non-hydrogen) atoms. The Morgan fingerprint density at radius 1 is 1.38 bits per heavy atom. The molecule has 1 aromatic carbocycles. The van der Waals surface area contributed by atoms with Gasteiger partial charge in [-0.25, -0.2) is 0 Å². The maximum absolute atomic E-state index is 6.14. The van der Waals surface area contributed by atoms with Crippen molar-refractivity contribution >= 4 is 17.3 Å². The molecular weight excluding hydrogens is 222 g/mol. The fourth-order valence-electron chi connectivity index (χ4n) is 2.74. The highest BCUT2D eigenvalue weighted by Crippen LogP contribution is 2.41. The summed E-state index contributed by atoms with van der Waals surface area (Å²) >= 11 is 6.14. The van der Waals surface area contributed by atoms with Crippen LogP contribution in [0.5, 0.6) is 5.75 Å². The van der Waals surface area contributed by atoms with Crippen LogP contribution in [0.4, 0.5) is 5.69 Å². The Balaban J connectivity index is 1.91. The van der Waals surface area contributed by atoms with Gasteiger partial charge in [0.1, 0.15) is 6.10 Å². The number of anilines is 1. The summed E-state index contributed by atoms with van der Waals surface area (Å²) in [7, 11) is 0. The summed E-state index contributed by atoms with van der Waals surface area (Å²) in [6.07, 6.45) is 3.87. The third-order valence-electron chi connectivity index (χ3n) is 3.63. The van der Waals surface area contributed by atoms with Gasteiger partial charge in [-0.15, -0.1) is 0 Å². The monoisotopic (exact) mass is 237 g/mol. The second-order valence-electron chi connectivity index (χ2n) is 4.94. The summed E-state index contributed by atoms with van der Waals surface area (Å²) < 4.78 is 6.02. The van der Waals surface area contributed by atoms with Gasteiger partial charge in [-0.2, -0.15) is 0 Å². The van der Waals surface area contributed by atoms with Gasteiger partial charge in [0.2, 0.25) is 0 Å². The zero-order valence-corrected chi connectivity index (χ0v) is 10.1. The Hall–Kier alpha value is -0.890. The van der Waals surface area contributed by atoms with E-state index in [2.05, 4.69) is 12.2 Å². The quantitative estimate of drug-likeness (QED) is 0.743. The van der Waals surface area contributed by atoms with Crippen LogP contribution in [0.1, 0.15) is 26.2 Å². The average Bonchev–Trinajstić information content (AvgIpc) is 2.27. The lowest BCUT2D eigenvalue weighted by molar-refractivity contribution is 0.112. The molecule has 2 nitrogen and oxygen atoms in total. The first-order chi connectivity index (χ1) is 7.74. The van der Waals surface area contributed by atoms with Crippen molar-refractivity contribution < 1.29 is 4.74 Å². The molecule has 1 aliphatic carbocycles. The Bertz CT molecular complexity index is 407. The van der Waals surface area contributed by atoms with Crippen molar-refractivity contribution in [2.24, 2.45) is 5.92 Å². The number of fused-ring (bicyclic) bond motifs is 2. The molecule has 1 saturated carbocycles. The number of hydrogen-bond acceptors (Lipinski definition) is 2. The maximum Gasteiger partial charge on any atom is 0.161 e. The van der Waals surface area contributed by atoms with E-state index in [-0.39, 0.29) is 0 Å². The summed E-state index contributed by atoms with van der Waals surface area (Å²) in [5.41, 5.74) is 1.04. The van der Waals surface area contributed by atoms with Crippen molar-refractivity contribution in [2.45, 2.75) is 38.3 Å².